The van der Waals surface area contributed by atoms with Crippen LogP contribution in [0.4, 0.5) is 9.59 Å². The van der Waals surface area contributed by atoms with Gasteiger partial charge in [-0.1, -0.05) is 44.2 Å². The number of amides is 3. The first-order chi connectivity index (χ1) is 13.3. The van der Waals surface area contributed by atoms with Crippen molar-refractivity contribution in [2.24, 2.45) is 11.3 Å². The van der Waals surface area contributed by atoms with Crippen LogP contribution in [0.1, 0.15) is 25.8 Å². The number of benzene rings is 1. The molecule has 2 heterocycles. The maximum absolute atomic E-state index is 13.4. The molecule has 2 fully saturated rings. The zero-order valence-corrected chi connectivity index (χ0v) is 16.2. The van der Waals surface area contributed by atoms with E-state index in [0.29, 0.717) is 13.0 Å². The van der Waals surface area contributed by atoms with E-state index in [9.17, 15) is 19.5 Å². The van der Waals surface area contributed by atoms with E-state index >= 15 is 0 Å². The molecule has 3 rings (SSSR count). The molecule has 8 heteroatoms. The summed E-state index contributed by atoms with van der Waals surface area (Å²) in [6.07, 6.45) is -1.44. The third-order valence-corrected chi connectivity index (χ3v) is 5.46. The molecule has 2 aliphatic rings. The highest BCUT2D eigenvalue weighted by molar-refractivity contribution is 5.97. The largest absolute Gasteiger partial charge is 0.465 e. The molecule has 0 bridgehead atoms. The summed E-state index contributed by atoms with van der Waals surface area (Å²) in [5.74, 6) is -0.375. The topological polar surface area (TPSA) is 96.4 Å². The molecular weight excluding hydrogens is 364 g/mol. The van der Waals surface area contributed by atoms with Crippen LogP contribution in [0.2, 0.25) is 0 Å². The fourth-order valence-electron chi connectivity index (χ4n) is 3.74. The van der Waals surface area contributed by atoms with Crippen molar-refractivity contribution in [2.75, 3.05) is 26.3 Å². The number of imide groups is 1. The van der Waals surface area contributed by atoms with Gasteiger partial charge in [0, 0.05) is 13.1 Å². The summed E-state index contributed by atoms with van der Waals surface area (Å²) < 4.78 is 10.9. The van der Waals surface area contributed by atoms with Crippen LogP contribution < -0.4 is 0 Å². The van der Waals surface area contributed by atoms with Crippen molar-refractivity contribution in [3.05, 3.63) is 35.9 Å². The van der Waals surface area contributed by atoms with E-state index in [1.165, 1.54) is 9.80 Å². The molecule has 2 unspecified atom stereocenters. The Morgan fingerprint density at radius 1 is 1.32 bits per heavy atom. The lowest BCUT2D eigenvalue weighted by molar-refractivity contribution is -0.144. The molecule has 2 aliphatic heterocycles. The van der Waals surface area contributed by atoms with Crippen LogP contribution in [0.15, 0.2) is 30.3 Å². The third kappa shape index (κ3) is 3.96. The van der Waals surface area contributed by atoms with Crippen LogP contribution in [0.5, 0.6) is 0 Å². The molecular formula is C20H26N2O6. The number of rotatable bonds is 6. The van der Waals surface area contributed by atoms with Crippen molar-refractivity contribution in [1.29, 1.82) is 0 Å². The van der Waals surface area contributed by atoms with E-state index in [-0.39, 0.29) is 38.3 Å². The maximum Gasteiger partial charge on any atom is 0.417 e. The minimum Gasteiger partial charge on any atom is -0.465 e. The summed E-state index contributed by atoms with van der Waals surface area (Å²) in [5, 5.41) is 9.36. The predicted octanol–water partition coefficient (Wildman–Crippen LogP) is 2.58. The summed E-state index contributed by atoms with van der Waals surface area (Å²) in [7, 11) is 0. The SMILES string of the molecule is CC(C)C1COC(=O)N1C(=O)C1(COCc2ccccc2)CCN(C(=O)O)C1. The van der Waals surface area contributed by atoms with Gasteiger partial charge in [0.2, 0.25) is 5.91 Å². The first kappa shape index (κ1) is 20.1. The molecule has 0 aliphatic carbocycles. The first-order valence-corrected chi connectivity index (χ1v) is 9.44. The molecule has 3 amide bonds. The molecule has 1 aromatic rings. The molecule has 0 radical (unpaired) electrons. The van der Waals surface area contributed by atoms with Crippen LogP contribution in [0.25, 0.3) is 0 Å². The van der Waals surface area contributed by atoms with Crippen molar-refractivity contribution < 1.29 is 29.0 Å². The van der Waals surface area contributed by atoms with Gasteiger partial charge in [0.15, 0.2) is 0 Å². The first-order valence-electron chi connectivity index (χ1n) is 9.44. The van der Waals surface area contributed by atoms with Crippen LogP contribution in [0, 0.1) is 11.3 Å². The molecule has 0 saturated carbocycles. The van der Waals surface area contributed by atoms with Crippen molar-refractivity contribution in [3.8, 4) is 0 Å². The Hall–Kier alpha value is -2.61. The Morgan fingerprint density at radius 3 is 2.64 bits per heavy atom. The van der Waals surface area contributed by atoms with Crippen molar-refractivity contribution in [2.45, 2.75) is 32.9 Å². The second-order valence-corrected chi connectivity index (χ2v) is 7.78. The number of likely N-dealkylation sites (tertiary alicyclic amines) is 1. The van der Waals surface area contributed by atoms with E-state index < -0.39 is 23.5 Å². The molecule has 2 atom stereocenters. The summed E-state index contributed by atoms with van der Waals surface area (Å²) in [4.78, 5) is 39.5. The van der Waals surface area contributed by atoms with Crippen molar-refractivity contribution >= 4 is 18.1 Å². The Kier molecular flexibility index (Phi) is 5.88. The molecule has 1 N–H and O–H groups in total. The van der Waals surface area contributed by atoms with E-state index in [4.69, 9.17) is 9.47 Å². The van der Waals surface area contributed by atoms with Gasteiger partial charge in [-0.3, -0.25) is 4.79 Å². The Morgan fingerprint density at radius 2 is 2.04 bits per heavy atom. The van der Waals surface area contributed by atoms with Crippen LogP contribution in [0.3, 0.4) is 0 Å². The second-order valence-electron chi connectivity index (χ2n) is 7.78. The number of carbonyl (C=O) groups excluding carboxylic acids is 2. The zero-order chi connectivity index (χ0) is 20.3. The molecule has 0 spiro atoms. The molecule has 28 heavy (non-hydrogen) atoms. The van der Waals surface area contributed by atoms with Crippen LogP contribution in [-0.2, 0) is 20.9 Å². The Labute approximate surface area is 164 Å². The van der Waals surface area contributed by atoms with Gasteiger partial charge in [0.1, 0.15) is 6.61 Å². The van der Waals surface area contributed by atoms with E-state index in [1.54, 1.807) is 0 Å². The highest BCUT2D eigenvalue weighted by Crippen LogP contribution is 2.36. The number of cyclic esters (lactones) is 1. The van der Waals surface area contributed by atoms with Gasteiger partial charge in [-0.05, 0) is 17.9 Å². The van der Waals surface area contributed by atoms with Crippen molar-refractivity contribution in [3.63, 3.8) is 0 Å². The summed E-state index contributed by atoms with van der Waals surface area (Å²) in [6, 6.07) is 9.17. The molecule has 2 saturated heterocycles. The van der Waals surface area contributed by atoms with Gasteiger partial charge in [-0.15, -0.1) is 0 Å². The molecule has 152 valence electrons. The summed E-state index contributed by atoms with van der Waals surface area (Å²) in [5.41, 5.74) is -0.136. The lowest BCUT2D eigenvalue weighted by atomic mass is 9.85. The van der Waals surface area contributed by atoms with Crippen LogP contribution >= 0.6 is 0 Å². The minimum atomic E-state index is -1.09. The van der Waals surface area contributed by atoms with Gasteiger partial charge in [0.25, 0.3) is 0 Å². The molecule has 8 nitrogen and oxygen atoms in total. The highest BCUT2D eigenvalue weighted by Gasteiger charge is 2.53. The Balaban J connectivity index is 1.79. The van der Waals surface area contributed by atoms with E-state index in [1.807, 2.05) is 44.2 Å². The zero-order valence-electron chi connectivity index (χ0n) is 16.2. The number of hydrogen-bond acceptors (Lipinski definition) is 5. The van der Waals surface area contributed by atoms with Gasteiger partial charge in [0.05, 0.1) is 24.7 Å². The van der Waals surface area contributed by atoms with Gasteiger partial charge in [-0.25, -0.2) is 14.5 Å². The second kappa shape index (κ2) is 8.18. The maximum atomic E-state index is 13.4. The fourth-order valence-corrected chi connectivity index (χ4v) is 3.74. The van der Waals surface area contributed by atoms with Gasteiger partial charge in [-0.2, -0.15) is 0 Å². The number of ether oxygens (including phenoxy) is 2. The van der Waals surface area contributed by atoms with E-state index in [2.05, 4.69) is 0 Å². The van der Waals surface area contributed by atoms with Gasteiger partial charge < -0.3 is 19.5 Å². The lowest BCUT2D eigenvalue weighted by Crippen LogP contribution is -2.52. The molecule has 1 aromatic carbocycles. The van der Waals surface area contributed by atoms with Crippen molar-refractivity contribution in [1.82, 2.24) is 9.80 Å². The quantitative estimate of drug-likeness (QED) is 0.802. The summed E-state index contributed by atoms with van der Waals surface area (Å²) in [6.45, 7) is 4.58. The minimum absolute atomic E-state index is 0.00452. The monoisotopic (exact) mass is 390 g/mol. The smallest absolute Gasteiger partial charge is 0.417 e. The average molecular weight is 390 g/mol. The lowest BCUT2D eigenvalue weighted by Gasteiger charge is -2.33. The fraction of sp³-hybridized carbons (Fsp3) is 0.550. The standard InChI is InChI=1S/C20H26N2O6/c1-14(2)16-11-28-19(26)22(16)17(23)20(8-9-21(12-20)18(24)25)13-27-10-15-6-4-3-5-7-15/h3-7,14,16H,8-13H2,1-2H3,(H,24,25). The number of hydrogen-bond donors (Lipinski definition) is 1. The normalized spacial score (nSPS) is 24.7. The summed E-state index contributed by atoms with van der Waals surface area (Å²) >= 11 is 0. The predicted molar refractivity (Wildman–Crippen MR) is 99.6 cm³/mol. The third-order valence-electron chi connectivity index (χ3n) is 5.46. The Bertz CT molecular complexity index is 737. The highest BCUT2D eigenvalue weighted by atomic mass is 16.6. The number of carboxylic acid groups (broad SMARTS) is 1. The molecule has 0 aromatic heterocycles. The van der Waals surface area contributed by atoms with Crippen LogP contribution in [-0.4, -0.2) is 65.3 Å². The number of carbonyl (C=O) groups is 3. The average Bonchev–Trinajstić information content (AvgIpc) is 3.27. The van der Waals surface area contributed by atoms with E-state index in [0.717, 1.165) is 5.56 Å². The van der Waals surface area contributed by atoms with Gasteiger partial charge >= 0.3 is 12.2 Å². The number of nitrogens with zero attached hydrogens (tertiary/aromatic N) is 2.